The number of fused-ring (bicyclic) bond motifs is 1. The topological polar surface area (TPSA) is 102 Å². The summed E-state index contributed by atoms with van der Waals surface area (Å²) in [6.07, 6.45) is 5.36. The molecule has 1 unspecified atom stereocenters. The summed E-state index contributed by atoms with van der Waals surface area (Å²) < 4.78 is 7.29. The van der Waals surface area contributed by atoms with Gasteiger partial charge in [-0.25, -0.2) is 4.79 Å². The highest BCUT2D eigenvalue weighted by Gasteiger charge is 2.21. The lowest BCUT2D eigenvalue weighted by molar-refractivity contribution is 0.150. The van der Waals surface area contributed by atoms with Gasteiger partial charge in [0.05, 0.1) is 6.61 Å². The number of aromatic nitrogens is 4. The maximum atomic E-state index is 12.5. The SMILES string of the molecule is CCCCOc1nc(N)c2[nH]c(=O)n(CCC3CCCN(CC(C)C)C3)c2n1. The number of H-pyrrole nitrogens is 1. The summed E-state index contributed by atoms with van der Waals surface area (Å²) in [6.45, 7) is 11.2. The van der Waals surface area contributed by atoms with Crippen LogP contribution >= 0.6 is 0 Å². The number of hydrogen-bond donors (Lipinski definition) is 2. The van der Waals surface area contributed by atoms with Crippen LogP contribution in [0.1, 0.15) is 52.9 Å². The zero-order valence-electron chi connectivity index (χ0n) is 17.4. The van der Waals surface area contributed by atoms with Crippen molar-refractivity contribution in [2.45, 2.75) is 59.4 Å². The number of aromatic amines is 1. The Hall–Kier alpha value is -2.09. The minimum atomic E-state index is -0.184. The summed E-state index contributed by atoms with van der Waals surface area (Å²) in [5.41, 5.74) is 6.88. The molecular formula is C20H34N6O2. The molecule has 1 aliphatic heterocycles. The molecule has 2 aromatic heterocycles. The van der Waals surface area contributed by atoms with E-state index in [1.54, 1.807) is 4.57 Å². The van der Waals surface area contributed by atoms with Gasteiger partial charge >= 0.3 is 11.7 Å². The third-order valence-electron chi connectivity index (χ3n) is 5.35. The van der Waals surface area contributed by atoms with Gasteiger partial charge in [-0.2, -0.15) is 9.97 Å². The van der Waals surface area contributed by atoms with E-state index in [2.05, 4.69) is 40.6 Å². The number of anilines is 1. The molecule has 1 saturated heterocycles. The van der Waals surface area contributed by atoms with Crippen LogP contribution in [0.15, 0.2) is 4.79 Å². The first-order valence-electron chi connectivity index (χ1n) is 10.6. The van der Waals surface area contributed by atoms with E-state index in [9.17, 15) is 4.79 Å². The van der Waals surface area contributed by atoms with Crippen LogP contribution in [0, 0.1) is 11.8 Å². The van der Waals surface area contributed by atoms with Gasteiger partial charge in [-0.05, 0) is 44.1 Å². The van der Waals surface area contributed by atoms with Crippen molar-refractivity contribution in [2.24, 2.45) is 11.8 Å². The third kappa shape index (κ3) is 5.04. The Bertz CT molecular complexity index is 828. The summed E-state index contributed by atoms with van der Waals surface area (Å²) in [6, 6.07) is 0.243. The first kappa shape index (κ1) is 20.6. The van der Waals surface area contributed by atoms with Crippen LogP contribution in [0.5, 0.6) is 6.01 Å². The molecule has 0 spiro atoms. The van der Waals surface area contributed by atoms with Crippen molar-refractivity contribution in [1.29, 1.82) is 0 Å². The fraction of sp³-hybridized carbons (Fsp3) is 0.750. The highest BCUT2D eigenvalue weighted by atomic mass is 16.5. The Morgan fingerprint density at radius 1 is 1.36 bits per heavy atom. The quantitative estimate of drug-likeness (QED) is 0.638. The molecule has 8 nitrogen and oxygen atoms in total. The molecule has 156 valence electrons. The van der Waals surface area contributed by atoms with Crippen LogP contribution in [0.3, 0.4) is 0 Å². The fourth-order valence-corrected chi connectivity index (χ4v) is 3.99. The smallest absolute Gasteiger partial charge is 0.327 e. The molecule has 0 saturated carbocycles. The van der Waals surface area contributed by atoms with Crippen LogP contribution in [-0.2, 0) is 6.54 Å². The lowest BCUT2D eigenvalue weighted by Crippen LogP contribution is -2.38. The number of hydrogen-bond acceptors (Lipinski definition) is 6. The largest absolute Gasteiger partial charge is 0.463 e. The molecule has 1 atom stereocenters. The summed E-state index contributed by atoms with van der Waals surface area (Å²) in [5, 5.41) is 0. The van der Waals surface area contributed by atoms with Crippen molar-refractivity contribution < 1.29 is 4.74 Å². The average molecular weight is 391 g/mol. The molecule has 1 aliphatic rings. The van der Waals surface area contributed by atoms with Crippen molar-refractivity contribution in [3.63, 3.8) is 0 Å². The number of unbranched alkanes of at least 4 members (excludes halogenated alkanes) is 1. The van der Waals surface area contributed by atoms with Gasteiger partial charge in [0, 0.05) is 19.6 Å². The maximum Gasteiger partial charge on any atom is 0.327 e. The lowest BCUT2D eigenvalue weighted by atomic mass is 9.94. The van der Waals surface area contributed by atoms with E-state index in [4.69, 9.17) is 10.5 Å². The number of nitrogen functional groups attached to an aromatic ring is 1. The number of piperidine rings is 1. The van der Waals surface area contributed by atoms with E-state index < -0.39 is 0 Å². The number of nitrogens with one attached hydrogen (secondary N) is 1. The molecule has 1 fully saturated rings. The number of nitrogens with zero attached hydrogens (tertiary/aromatic N) is 4. The van der Waals surface area contributed by atoms with Crippen molar-refractivity contribution >= 4 is 17.0 Å². The standard InChI is InChI=1S/C20H34N6O2/c1-4-5-11-28-19-23-17(21)16-18(24-19)26(20(27)22-16)10-8-15-7-6-9-25(13-15)12-14(2)3/h14-15H,4-13H2,1-3H3,(H,22,27)(H2,21,23,24). The molecule has 0 bridgehead atoms. The van der Waals surface area contributed by atoms with Gasteiger partial charge in [-0.15, -0.1) is 0 Å². The second-order valence-electron chi connectivity index (χ2n) is 8.32. The van der Waals surface area contributed by atoms with Gasteiger partial charge in [0.1, 0.15) is 5.52 Å². The van der Waals surface area contributed by atoms with Crippen LogP contribution in [-0.4, -0.2) is 50.7 Å². The van der Waals surface area contributed by atoms with Crippen LogP contribution in [0.25, 0.3) is 11.2 Å². The average Bonchev–Trinajstić information content (AvgIpc) is 2.96. The van der Waals surface area contributed by atoms with Crippen molar-refractivity contribution in [1.82, 2.24) is 24.4 Å². The van der Waals surface area contributed by atoms with E-state index in [-0.39, 0.29) is 17.5 Å². The maximum absolute atomic E-state index is 12.5. The molecule has 3 heterocycles. The molecule has 2 aromatic rings. The minimum Gasteiger partial charge on any atom is -0.463 e. The number of nitrogens with two attached hydrogens (primary N) is 1. The Kier molecular flexibility index (Phi) is 6.93. The monoisotopic (exact) mass is 390 g/mol. The Labute approximate surface area is 166 Å². The van der Waals surface area contributed by atoms with Crippen LogP contribution < -0.4 is 16.2 Å². The van der Waals surface area contributed by atoms with Gasteiger partial charge in [-0.1, -0.05) is 27.2 Å². The lowest BCUT2D eigenvalue weighted by Gasteiger charge is -2.33. The van der Waals surface area contributed by atoms with E-state index in [0.29, 0.717) is 36.2 Å². The second-order valence-corrected chi connectivity index (χ2v) is 8.32. The number of likely N-dealkylation sites (tertiary alicyclic amines) is 1. The van der Waals surface area contributed by atoms with Crippen molar-refractivity contribution in [3.8, 4) is 6.01 Å². The normalized spacial score (nSPS) is 18.2. The van der Waals surface area contributed by atoms with Crippen molar-refractivity contribution in [3.05, 3.63) is 10.5 Å². The van der Waals surface area contributed by atoms with Crippen LogP contribution in [0.2, 0.25) is 0 Å². The number of aryl methyl sites for hydroxylation is 1. The summed E-state index contributed by atoms with van der Waals surface area (Å²) in [7, 11) is 0. The van der Waals surface area contributed by atoms with Gasteiger partial charge < -0.3 is 20.4 Å². The van der Waals surface area contributed by atoms with Gasteiger partial charge in [-0.3, -0.25) is 4.57 Å². The highest BCUT2D eigenvalue weighted by Crippen LogP contribution is 2.23. The molecule has 3 N–H and O–H groups in total. The number of ether oxygens (including phenoxy) is 1. The van der Waals surface area contributed by atoms with Gasteiger partial charge in [0.25, 0.3) is 0 Å². The third-order valence-corrected chi connectivity index (χ3v) is 5.35. The zero-order valence-corrected chi connectivity index (χ0v) is 17.4. The predicted molar refractivity (Wildman–Crippen MR) is 112 cm³/mol. The van der Waals surface area contributed by atoms with E-state index >= 15 is 0 Å². The van der Waals surface area contributed by atoms with Gasteiger partial charge in [0.2, 0.25) is 0 Å². The molecule has 28 heavy (non-hydrogen) atoms. The van der Waals surface area contributed by atoms with Crippen LogP contribution in [0.4, 0.5) is 5.82 Å². The first-order chi connectivity index (χ1) is 13.5. The fourth-order valence-electron chi connectivity index (χ4n) is 3.99. The van der Waals surface area contributed by atoms with Gasteiger partial charge in [0.15, 0.2) is 11.5 Å². The summed E-state index contributed by atoms with van der Waals surface area (Å²) in [4.78, 5) is 26.5. The Balaban J connectivity index is 1.71. The highest BCUT2D eigenvalue weighted by molar-refractivity contribution is 5.81. The summed E-state index contributed by atoms with van der Waals surface area (Å²) in [5.74, 6) is 1.54. The molecule has 0 aromatic carbocycles. The van der Waals surface area contributed by atoms with E-state index in [1.807, 2.05) is 0 Å². The number of imidazole rings is 1. The molecule has 8 heteroatoms. The molecule has 3 rings (SSSR count). The molecule has 0 aliphatic carbocycles. The van der Waals surface area contributed by atoms with Crippen molar-refractivity contribution in [2.75, 3.05) is 32.0 Å². The second kappa shape index (κ2) is 9.41. The minimum absolute atomic E-state index is 0.184. The summed E-state index contributed by atoms with van der Waals surface area (Å²) >= 11 is 0. The Morgan fingerprint density at radius 2 is 2.18 bits per heavy atom. The number of rotatable bonds is 9. The predicted octanol–water partition coefficient (Wildman–Crippen LogP) is 2.64. The van der Waals surface area contributed by atoms with E-state index in [0.717, 1.165) is 32.4 Å². The first-order valence-corrected chi connectivity index (χ1v) is 10.6. The molecule has 0 radical (unpaired) electrons. The molecular weight excluding hydrogens is 356 g/mol. The Morgan fingerprint density at radius 3 is 2.93 bits per heavy atom. The van der Waals surface area contributed by atoms with E-state index in [1.165, 1.54) is 19.4 Å². The molecule has 0 amide bonds. The zero-order chi connectivity index (χ0) is 20.1.